The van der Waals surface area contributed by atoms with E-state index in [4.69, 9.17) is 68.0 Å². The Hall–Kier alpha value is -13.0. The zero-order chi connectivity index (χ0) is 75.2. The number of rotatable bonds is 6. The molecule has 111 heavy (non-hydrogen) atoms. The zero-order valence-electron chi connectivity index (χ0n) is 58.9. The Morgan fingerprint density at radius 1 is 0.153 bits per heavy atom. The molecule has 0 amide bonds. The highest BCUT2D eigenvalue weighted by Gasteiger charge is 2.18. The highest BCUT2D eigenvalue weighted by atomic mass is 35.5. The van der Waals surface area contributed by atoms with Crippen LogP contribution in [-0.2, 0) is 0 Å². The minimum Gasteiger partial charge on any atom is -0.228 e. The quantitative estimate of drug-likeness (QED) is 0.117. The minimum atomic E-state index is 0.480. The van der Waals surface area contributed by atoms with Crippen LogP contribution in [0, 0.1) is 0 Å². The van der Waals surface area contributed by atoms with Crippen molar-refractivity contribution in [3.63, 3.8) is 0 Å². The number of benzene rings is 16. The Bertz CT molecular complexity index is 7060. The summed E-state index contributed by atoms with van der Waals surface area (Å²) in [6, 6.07) is 119. The summed E-state index contributed by atoms with van der Waals surface area (Å²) < 4.78 is 0. The molecule has 0 saturated heterocycles. The van der Waals surface area contributed by atoms with Gasteiger partial charge in [-0.1, -0.05) is 355 Å². The molecular formula is C96H59Cl5N10. The summed E-state index contributed by atoms with van der Waals surface area (Å²) in [5.41, 5.74) is 11.6. The van der Waals surface area contributed by atoms with Crippen LogP contribution in [0.4, 0.5) is 0 Å². The van der Waals surface area contributed by atoms with Crippen LogP contribution in [-0.4, -0.2) is 49.8 Å². The third-order valence-electron chi connectivity index (χ3n) is 19.1. The van der Waals surface area contributed by atoms with Crippen LogP contribution in [0.15, 0.2) is 358 Å². The SMILES string of the molecule is Clc1nc(-c2cc3ccccc3c3ccccc23)nc2c1ccc1ccccc12.Clc1nc(-c2cccc(-c3ccccc3)c2)nc2ccccc12.Clc1nc(-c2cccc3ccccc23)nc2ccccc12.Clc1nc(-c2ccccc2)nc2c1ccc1ccccc12.Clc1nc(-c2ccccc2)nc2ccccc12. The van der Waals surface area contributed by atoms with Crippen LogP contribution in [0.2, 0.25) is 25.8 Å². The summed E-state index contributed by atoms with van der Waals surface area (Å²) in [4.78, 5) is 45.9. The van der Waals surface area contributed by atoms with E-state index in [0.717, 1.165) is 120 Å². The lowest BCUT2D eigenvalue weighted by atomic mass is 9.96. The number of aromatic nitrogens is 10. The van der Waals surface area contributed by atoms with Gasteiger partial charge in [0.25, 0.3) is 0 Å². The predicted octanol–water partition coefficient (Wildman–Crippen LogP) is 27.2. The molecule has 0 aliphatic rings. The van der Waals surface area contributed by atoms with Crippen molar-refractivity contribution in [3.05, 3.63) is 384 Å². The summed E-state index contributed by atoms with van der Waals surface area (Å²) in [6.07, 6.45) is 0. The van der Waals surface area contributed by atoms with Gasteiger partial charge in [-0.25, -0.2) is 49.8 Å². The van der Waals surface area contributed by atoms with Gasteiger partial charge in [0, 0.05) is 65.5 Å². The van der Waals surface area contributed by atoms with Crippen LogP contribution in [0.5, 0.6) is 0 Å². The Morgan fingerprint density at radius 3 is 0.982 bits per heavy atom. The molecule has 528 valence electrons. The second-order valence-corrected chi connectivity index (χ2v) is 27.8. The van der Waals surface area contributed by atoms with E-state index >= 15 is 0 Å². The third kappa shape index (κ3) is 15.1. The number of nitrogens with zero attached hydrogens (tertiary/aromatic N) is 10. The molecule has 21 rings (SSSR count). The molecule has 5 heterocycles. The molecule has 0 aliphatic carbocycles. The average molecular weight is 1530 g/mol. The fourth-order valence-corrected chi connectivity index (χ4v) is 14.9. The Balaban J connectivity index is 0.000000102. The summed E-state index contributed by atoms with van der Waals surface area (Å²) in [7, 11) is 0. The number of halogens is 5. The maximum atomic E-state index is 6.63. The minimum absolute atomic E-state index is 0.480. The second-order valence-electron chi connectivity index (χ2n) is 26.0. The molecule has 0 bridgehead atoms. The normalized spacial score (nSPS) is 11.1. The smallest absolute Gasteiger partial charge is 0.162 e. The third-order valence-corrected chi connectivity index (χ3v) is 20.5. The monoisotopic (exact) mass is 1530 g/mol. The summed E-state index contributed by atoms with van der Waals surface area (Å²) in [5, 5.41) is 18.3. The Labute approximate surface area is 663 Å². The van der Waals surface area contributed by atoms with Crippen molar-refractivity contribution in [3.8, 4) is 68.1 Å². The topological polar surface area (TPSA) is 129 Å². The molecule has 0 atom stereocenters. The summed E-state index contributed by atoms with van der Waals surface area (Å²) in [5.74, 6) is 3.28. The van der Waals surface area contributed by atoms with Crippen molar-refractivity contribution in [2.75, 3.05) is 0 Å². The molecule has 0 fully saturated rings. The summed E-state index contributed by atoms with van der Waals surface area (Å²) in [6.45, 7) is 0. The standard InChI is InChI=1S/C26H15ClN2.C20H13ClN2.2C18H11ClN2.C14H9ClN2/c27-25-22-14-13-16-7-1-4-10-19(16)24(22)28-26(29-25)23-15-17-8-2-3-9-18(17)20-11-5-6-12-21(20)23;21-19-17-11-4-5-12-18(17)22-20(23-19)16-10-6-9-15(13-16)14-7-2-1-3-8-14;19-17-15-9-3-4-11-16(15)20-18(21-17)14-10-5-7-12-6-1-2-8-13(12)14;19-17-15-11-10-12-6-4-5-9-14(12)16(15)20-18(21-17)13-7-2-1-3-8-13;15-13-11-8-4-5-9-12(11)16-14(17-13)10-6-2-1-3-7-10/h1-15H;1-13H;2*1-11H;1-9H. The highest BCUT2D eigenvalue weighted by Crippen LogP contribution is 2.39. The summed E-state index contributed by atoms with van der Waals surface area (Å²) >= 11 is 31.8. The highest BCUT2D eigenvalue weighted by molar-refractivity contribution is 6.37. The molecule has 0 radical (unpaired) electrons. The van der Waals surface area contributed by atoms with Gasteiger partial charge in [-0.05, 0) is 115 Å². The first kappa shape index (κ1) is 70.9. The van der Waals surface area contributed by atoms with Crippen LogP contribution in [0.1, 0.15) is 0 Å². The molecule has 0 aliphatic heterocycles. The van der Waals surface area contributed by atoms with E-state index < -0.39 is 0 Å². The molecule has 0 unspecified atom stereocenters. The zero-order valence-corrected chi connectivity index (χ0v) is 62.7. The lowest BCUT2D eigenvalue weighted by Gasteiger charge is -2.12. The molecular weight excluding hydrogens is 1470 g/mol. The molecule has 21 aromatic rings. The van der Waals surface area contributed by atoms with Gasteiger partial charge in [0.05, 0.1) is 27.6 Å². The fourth-order valence-electron chi connectivity index (χ4n) is 13.7. The average Bonchev–Trinajstić information content (AvgIpc) is 0.756. The van der Waals surface area contributed by atoms with Crippen LogP contribution in [0.25, 0.3) is 176 Å². The molecule has 15 heteroatoms. The van der Waals surface area contributed by atoms with Gasteiger partial charge in [0.15, 0.2) is 29.1 Å². The van der Waals surface area contributed by atoms with Gasteiger partial charge in [0.1, 0.15) is 25.8 Å². The van der Waals surface area contributed by atoms with Crippen molar-refractivity contribution < 1.29 is 0 Å². The largest absolute Gasteiger partial charge is 0.228 e. The van der Waals surface area contributed by atoms with Crippen molar-refractivity contribution in [2.24, 2.45) is 0 Å². The first-order valence-corrected chi connectivity index (χ1v) is 37.6. The second kappa shape index (κ2) is 32.0. The molecule has 5 aromatic heterocycles. The van der Waals surface area contributed by atoms with Crippen LogP contribution >= 0.6 is 58.0 Å². The Morgan fingerprint density at radius 2 is 0.468 bits per heavy atom. The first-order chi connectivity index (χ1) is 54.6. The maximum Gasteiger partial charge on any atom is 0.162 e. The van der Waals surface area contributed by atoms with E-state index in [1.807, 2.05) is 224 Å². The molecule has 10 nitrogen and oxygen atoms in total. The Kier molecular flexibility index (Phi) is 20.5. The molecule has 0 spiro atoms. The van der Waals surface area contributed by atoms with Crippen LogP contribution in [0.3, 0.4) is 0 Å². The van der Waals surface area contributed by atoms with Crippen molar-refractivity contribution >= 4 is 166 Å². The van der Waals surface area contributed by atoms with E-state index in [0.29, 0.717) is 54.9 Å². The predicted molar refractivity (Wildman–Crippen MR) is 463 cm³/mol. The number of hydrogen-bond donors (Lipinski definition) is 0. The number of hydrogen-bond acceptors (Lipinski definition) is 10. The van der Waals surface area contributed by atoms with E-state index in [9.17, 15) is 0 Å². The van der Waals surface area contributed by atoms with Gasteiger partial charge in [0.2, 0.25) is 0 Å². The van der Waals surface area contributed by atoms with E-state index in [2.05, 4.69) is 173 Å². The number of fused-ring (bicyclic) bond motifs is 13. The van der Waals surface area contributed by atoms with Crippen LogP contribution < -0.4 is 0 Å². The molecule has 16 aromatic carbocycles. The molecule has 0 saturated carbocycles. The molecule has 0 N–H and O–H groups in total. The van der Waals surface area contributed by atoms with E-state index in [1.54, 1.807) is 0 Å². The fraction of sp³-hybridized carbons (Fsp3) is 0. The van der Waals surface area contributed by atoms with E-state index in [-0.39, 0.29) is 0 Å². The van der Waals surface area contributed by atoms with Gasteiger partial charge < -0.3 is 0 Å². The van der Waals surface area contributed by atoms with Gasteiger partial charge in [-0.3, -0.25) is 0 Å². The first-order valence-electron chi connectivity index (χ1n) is 35.7. The van der Waals surface area contributed by atoms with Gasteiger partial charge >= 0.3 is 0 Å². The lowest BCUT2D eigenvalue weighted by Crippen LogP contribution is -1.94. The van der Waals surface area contributed by atoms with E-state index in [1.165, 1.54) is 27.1 Å². The van der Waals surface area contributed by atoms with Crippen molar-refractivity contribution in [1.82, 2.24) is 49.8 Å². The number of para-hydroxylation sites is 3. The maximum absolute atomic E-state index is 6.63. The van der Waals surface area contributed by atoms with Crippen molar-refractivity contribution in [2.45, 2.75) is 0 Å². The van der Waals surface area contributed by atoms with Gasteiger partial charge in [-0.2, -0.15) is 0 Å². The lowest BCUT2D eigenvalue weighted by molar-refractivity contribution is 1.23. The van der Waals surface area contributed by atoms with Gasteiger partial charge in [-0.15, -0.1) is 0 Å². The van der Waals surface area contributed by atoms with Crippen molar-refractivity contribution in [1.29, 1.82) is 0 Å².